The van der Waals surface area contributed by atoms with Crippen LogP contribution >= 0.6 is 0 Å². The molecule has 156 valence electrons. The maximum Gasteiger partial charge on any atom is 0.257 e. The SMILES string of the molecule is Cc1cccc(NC(=NCCc2c[nH]c3ccccc23)NC(=O)c2cccc(C)c2)c1. The Labute approximate surface area is 182 Å². The summed E-state index contributed by atoms with van der Waals surface area (Å²) in [5.74, 6) is 0.256. The lowest BCUT2D eigenvalue weighted by Crippen LogP contribution is -2.36. The monoisotopic (exact) mass is 410 g/mol. The highest BCUT2D eigenvalue weighted by molar-refractivity contribution is 6.10. The molecule has 0 spiro atoms. The molecule has 0 aliphatic carbocycles. The van der Waals surface area contributed by atoms with Crippen molar-refractivity contribution in [2.75, 3.05) is 11.9 Å². The van der Waals surface area contributed by atoms with Gasteiger partial charge in [0, 0.05) is 34.9 Å². The Kier molecular flexibility index (Phi) is 6.13. The van der Waals surface area contributed by atoms with Crippen LogP contribution in [0.2, 0.25) is 0 Å². The van der Waals surface area contributed by atoms with Crippen LogP contribution in [0.3, 0.4) is 0 Å². The van der Waals surface area contributed by atoms with Crippen molar-refractivity contribution in [3.8, 4) is 0 Å². The summed E-state index contributed by atoms with van der Waals surface area (Å²) < 4.78 is 0. The molecular weight excluding hydrogens is 384 g/mol. The topological polar surface area (TPSA) is 69.3 Å². The van der Waals surface area contributed by atoms with Crippen molar-refractivity contribution in [2.24, 2.45) is 4.99 Å². The smallest absolute Gasteiger partial charge is 0.257 e. The molecule has 1 aromatic heterocycles. The van der Waals surface area contributed by atoms with Crippen molar-refractivity contribution >= 4 is 28.5 Å². The maximum atomic E-state index is 12.8. The maximum absolute atomic E-state index is 12.8. The van der Waals surface area contributed by atoms with Crippen molar-refractivity contribution in [2.45, 2.75) is 20.3 Å². The number of nitrogens with zero attached hydrogens (tertiary/aromatic N) is 1. The average Bonchev–Trinajstić information content (AvgIpc) is 3.17. The molecule has 0 radical (unpaired) electrons. The van der Waals surface area contributed by atoms with Crippen LogP contribution in [0.1, 0.15) is 27.0 Å². The number of carbonyl (C=O) groups excluding carboxylic acids is 1. The minimum Gasteiger partial charge on any atom is -0.361 e. The number of aromatic amines is 1. The van der Waals surface area contributed by atoms with Crippen molar-refractivity contribution in [1.29, 1.82) is 0 Å². The van der Waals surface area contributed by atoms with Crippen LogP contribution in [0.5, 0.6) is 0 Å². The summed E-state index contributed by atoms with van der Waals surface area (Å²) in [5, 5.41) is 7.40. The predicted molar refractivity (Wildman–Crippen MR) is 128 cm³/mol. The van der Waals surface area contributed by atoms with Gasteiger partial charge in [0.05, 0.1) is 0 Å². The van der Waals surface area contributed by atoms with E-state index in [0.717, 1.165) is 28.8 Å². The molecule has 5 heteroatoms. The first kappa shape index (κ1) is 20.4. The van der Waals surface area contributed by atoms with Gasteiger partial charge in [-0.3, -0.25) is 15.1 Å². The van der Waals surface area contributed by atoms with Gasteiger partial charge in [0.1, 0.15) is 0 Å². The molecule has 3 N–H and O–H groups in total. The number of carbonyl (C=O) groups is 1. The lowest BCUT2D eigenvalue weighted by molar-refractivity contribution is 0.0977. The predicted octanol–water partition coefficient (Wildman–Crippen LogP) is 5.23. The Morgan fingerprint density at radius 2 is 1.71 bits per heavy atom. The van der Waals surface area contributed by atoms with Gasteiger partial charge in [-0.25, -0.2) is 0 Å². The van der Waals surface area contributed by atoms with Gasteiger partial charge in [-0.2, -0.15) is 0 Å². The zero-order valence-corrected chi connectivity index (χ0v) is 17.8. The molecule has 1 amide bonds. The molecule has 31 heavy (non-hydrogen) atoms. The lowest BCUT2D eigenvalue weighted by atomic mass is 10.1. The normalized spacial score (nSPS) is 11.5. The number of benzene rings is 3. The molecule has 0 fully saturated rings. The number of hydrogen-bond donors (Lipinski definition) is 3. The van der Waals surface area contributed by atoms with Crippen molar-refractivity contribution < 1.29 is 4.79 Å². The first-order valence-corrected chi connectivity index (χ1v) is 10.4. The summed E-state index contributed by atoms with van der Waals surface area (Å²) in [7, 11) is 0. The number of anilines is 1. The van der Waals surface area contributed by atoms with Gasteiger partial charge in [0.25, 0.3) is 5.91 Å². The number of aliphatic imine (C=N–C) groups is 1. The number of para-hydroxylation sites is 1. The fraction of sp³-hybridized carbons (Fsp3) is 0.154. The third-order valence-corrected chi connectivity index (χ3v) is 5.12. The van der Waals surface area contributed by atoms with E-state index >= 15 is 0 Å². The molecule has 0 unspecified atom stereocenters. The molecule has 4 aromatic rings. The minimum atomic E-state index is -0.185. The van der Waals surface area contributed by atoms with E-state index in [0.29, 0.717) is 18.1 Å². The molecule has 0 saturated carbocycles. The van der Waals surface area contributed by atoms with E-state index in [1.165, 1.54) is 10.9 Å². The summed E-state index contributed by atoms with van der Waals surface area (Å²) in [6, 6.07) is 23.7. The van der Waals surface area contributed by atoms with Crippen molar-refractivity contribution in [3.63, 3.8) is 0 Å². The largest absolute Gasteiger partial charge is 0.361 e. The molecular formula is C26H26N4O. The van der Waals surface area contributed by atoms with Gasteiger partial charge in [0.15, 0.2) is 0 Å². The fourth-order valence-corrected chi connectivity index (χ4v) is 3.56. The molecule has 0 bridgehead atoms. The Hall–Kier alpha value is -3.86. The van der Waals surface area contributed by atoms with E-state index in [4.69, 9.17) is 0 Å². The molecule has 0 aliphatic rings. The van der Waals surface area contributed by atoms with Crippen molar-refractivity contribution in [3.05, 3.63) is 101 Å². The van der Waals surface area contributed by atoms with Gasteiger partial charge in [-0.15, -0.1) is 0 Å². The number of amides is 1. The second-order valence-corrected chi connectivity index (χ2v) is 7.66. The number of H-pyrrole nitrogens is 1. The number of guanidine groups is 1. The number of fused-ring (bicyclic) bond motifs is 1. The molecule has 0 atom stereocenters. The fourth-order valence-electron chi connectivity index (χ4n) is 3.56. The van der Waals surface area contributed by atoms with Gasteiger partial charge >= 0.3 is 0 Å². The minimum absolute atomic E-state index is 0.185. The number of aromatic nitrogens is 1. The number of hydrogen-bond acceptors (Lipinski definition) is 2. The van der Waals surface area contributed by atoms with Gasteiger partial charge in [-0.05, 0) is 61.7 Å². The third-order valence-electron chi connectivity index (χ3n) is 5.12. The van der Waals surface area contributed by atoms with Gasteiger partial charge < -0.3 is 10.3 Å². The molecule has 5 nitrogen and oxygen atoms in total. The average molecular weight is 411 g/mol. The highest BCUT2D eigenvalue weighted by Gasteiger charge is 2.10. The van der Waals surface area contributed by atoms with Crippen LogP contribution in [0.25, 0.3) is 10.9 Å². The Morgan fingerprint density at radius 3 is 2.52 bits per heavy atom. The van der Waals surface area contributed by atoms with Crippen LogP contribution < -0.4 is 10.6 Å². The van der Waals surface area contributed by atoms with E-state index in [9.17, 15) is 4.79 Å². The van der Waals surface area contributed by atoms with Crippen LogP contribution in [0, 0.1) is 13.8 Å². The Balaban J connectivity index is 1.52. The number of nitrogens with one attached hydrogen (secondary N) is 3. The van der Waals surface area contributed by atoms with E-state index in [2.05, 4.69) is 32.7 Å². The molecule has 4 rings (SSSR count). The van der Waals surface area contributed by atoms with E-state index in [1.807, 2.05) is 74.6 Å². The Morgan fingerprint density at radius 1 is 0.935 bits per heavy atom. The van der Waals surface area contributed by atoms with Gasteiger partial charge in [-0.1, -0.05) is 48.0 Å². The van der Waals surface area contributed by atoms with Crippen LogP contribution in [-0.4, -0.2) is 23.4 Å². The number of rotatable bonds is 5. The van der Waals surface area contributed by atoms with Gasteiger partial charge in [0.2, 0.25) is 5.96 Å². The van der Waals surface area contributed by atoms with E-state index in [1.54, 1.807) is 6.07 Å². The molecule has 0 saturated heterocycles. The first-order valence-electron chi connectivity index (χ1n) is 10.4. The highest BCUT2D eigenvalue weighted by Crippen LogP contribution is 2.18. The van der Waals surface area contributed by atoms with Crippen LogP contribution in [0.4, 0.5) is 5.69 Å². The van der Waals surface area contributed by atoms with E-state index < -0.39 is 0 Å². The highest BCUT2D eigenvalue weighted by atomic mass is 16.1. The van der Waals surface area contributed by atoms with Crippen LogP contribution in [-0.2, 0) is 6.42 Å². The summed E-state index contributed by atoms with van der Waals surface area (Å²) in [4.78, 5) is 20.8. The van der Waals surface area contributed by atoms with Crippen molar-refractivity contribution in [1.82, 2.24) is 10.3 Å². The zero-order chi connectivity index (χ0) is 21.6. The second-order valence-electron chi connectivity index (χ2n) is 7.66. The summed E-state index contributed by atoms with van der Waals surface area (Å²) in [6.07, 6.45) is 2.79. The quantitative estimate of drug-likeness (QED) is 0.312. The standard InChI is InChI=1S/C26H26N4O/c1-18-7-5-9-20(15-18)25(31)30-26(29-22-10-6-8-19(2)16-22)27-14-13-21-17-28-24-12-4-3-11-23(21)24/h3-12,15-17,28H,13-14H2,1-2H3,(H2,27,29,30,31). The summed E-state index contributed by atoms with van der Waals surface area (Å²) in [6.45, 7) is 4.55. The lowest BCUT2D eigenvalue weighted by Gasteiger charge is -2.12. The summed E-state index contributed by atoms with van der Waals surface area (Å²) in [5.41, 5.74) is 5.99. The second kappa shape index (κ2) is 9.30. The van der Waals surface area contributed by atoms with E-state index in [-0.39, 0.29) is 5.91 Å². The molecule has 0 aliphatic heterocycles. The number of aryl methyl sites for hydroxylation is 2. The first-order chi connectivity index (χ1) is 15.1. The molecule has 3 aromatic carbocycles. The van der Waals surface area contributed by atoms with Crippen LogP contribution in [0.15, 0.2) is 84.0 Å². The molecule has 1 heterocycles. The third kappa shape index (κ3) is 5.20. The Bertz CT molecular complexity index is 1240. The summed E-state index contributed by atoms with van der Waals surface area (Å²) >= 11 is 0. The zero-order valence-electron chi connectivity index (χ0n) is 17.8.